The molecule has 1 nitrogen and oxygen atoms in total. The molecule has 1 aromatic carbocycles. The standard InChI is InChI=1S/C11H14ClN/c1-7-6-10(7)11(13)8-2-4-9(12)5-3-8/h2-5,7,10-11H,6,13H2,1H3/t7-,10+,11-/m0/s1. The monoisotopic (exact) mass is 195 g/mol. The summed E-state index contributed by atoms with van der Waals surface area (Å²) >= 11 is 5.80. The van der Waals surface area contributed by atoms with Crippen molar-refractivity contribution in [1.82, 2.24) is 0 Å². The second-order valence-electron chi connectivity index (χ2n) is 3.95. The van der Waals surface area contributed by atoms with Crippen LogP contribution in [0, 0.1) is 11.8 Å². The van der Waals surface area contributed by atoms with Crippen molar-refractivity contribution in [3.05, 3.63) is 34.9 Å². The molecule has 13 heavy (non-hydrogen) atoms. The molecule has 0 aliphatic heterocycles. The molecule has 1 fully saturated rings. The molecule has 0 unspecified atom stereocenters. The lowest BCUT2D eigenvalue weighted by Crippen LogP contribution is -2.13. The Balaban J connectivity index is 2.12. The zero-order chi connectivity index (χ0) is 9.42. The third kappa shape index (κ3) is 1.87. The van der Waals surface area contributed by atoms with Gasteiger partial charge < -0.3 is 5.73 Å². The third-order valence-corrected chi connectivity index (χ3v) is 3.14. The fraction of sp³-hybridized carbons (Fsp3) is 0.455. The molecule has 70 valence electrons. The highest BCUT2D eigenvalue weighted by Crippen LogP contribution is 2.45. The van der Waals surface area contributed by atoms with Crippen LogP contribution in [0.4, 0.5) is 0 Å². The molecule has 1 aliphatic carbocycles. The van der Waals surface area contributed by atoms with Gasteiger partial charge in [0.2, 0.25) is 0 Å². The van der Waals surface area contributed by atoms with Crippen molar-refractivity contribution in [2.45, 2.75) is 19.4 Å². The summed E-state index contributed by atoms with van der Waals surface area (Å²) in [5.41, 5.74) is 7.30. The molecular formula is C11H14ClN. The molecule has 0 spiro atoms. The summed E-state index contributed by atoms with van der Waals surface area (Å²) in [4.78, 5) is 0. The molecular weight excluding hydrogens is 182 g/mol. The van der Waals surface area contributed by atoms with Gasteiger partial charge in [0.15, 0.2) is 0 Å². The van der Waals surface area contributed by atoms with Crippen LogP contribution in [-0.4, -0.2) is 0 Å². The first-order valence-corrected chi connectivity index (χ1v) is 5.07. The molecule has 2 N–H and O–H groups in total. The van der Waals surface area contributed by atoms with E-state index < -0.39 is 0 Å². The minimum absolute atomic E-state index is 0.201. The van der Waals surface area contributed by atoms with Gasteiger partial charge in [0.1, 0.15) is 0 Å². The molecule has 0 radical (unpaired) electrons. The van der Waals surface area contributed by atoms with Gasteiger partial charge in [0.05, 0.1) is 0 Å². The van der Waals surface area contributed by atoms with Crippen LogP contribution in [0.1, 0.15) is 24.9 Å². The molecule has 1 saturated carbocycles. The molecule has 0 bridgehead atoms. The summed E-state index contributed by atoms with van der Waals surface area (Å²) in [6, 6.07) is 8.07. The molecule has 2 rings (SSSR count). The number of rotatable bonds is 2. The van der Waals surface area contributed by atoms with E-state index in [1.807, 2.05) is 24.3 Å². The predicted octanol–water partition coefficient (Wildman–Crippen LogP) is 3.00. The minimum Gasteiger partial charge on any atom is -0.324 e. The van der Waals surface area contributed by atoms with E-state index >= 15 is 0 Å². The van der Waals surface area contributed by atoms with Gasteiger partial charge in [0.25, 0.3) is 0 Å². The topological polar surface area (TPSA) is 26.0 Å². The Morgan fingerprint density at radius 3 is 2.38 bits per heavy atom. The lowest BCUT2D eigenvalue weighted by Gasteiger charge is -2.10. The van der Waals surface area contributed by atoms with Gasteiger partial charge in [-0.25, -0.2) is 0 Å². The largest absolute Gasteiger partial charge is 0.324 e. The fourth-order valence-electron chi connectivity index (χ4n) is 1.78. The van der Waals surface area contributed by atoms with Crippen LogP contribution >= 0.6 is 11.6 Å². The van der Waals surface area contributed by atoms with Gasteiger partial charge in [0, 0.05) is 11.1 Å². The summed E-state index contributed by atoms with van der Waals surface area (Å²) in [5.74, 6) is 1.48. The summed E-state index contributed by atoms with van der Waals surface area (Å²) in [5, 5.41) is 0.778. The summed E-state index contributed by atoms with van der Waals surface area (Å²) in [6.45, 7) is 2.25. The van der Waals surface area contributed by atoms with Gasteiger partial charge in [-0.3, -0.25) is 0 Å². The normalized spacial score (nSPS) is 28.5. The van der Waals surface area contributed by atoms with E-state index in [1.54, 1.807) is 0 Å². The highest BCUT2D eigenvalue weighted by Gasteiger charge is 2.38. The Kier molecular flexibility index (Phi) is 2.31. The smallest absolute Gasteiger partial charge is 0.0406 e. The van der Waals surface area contributed by atoms with Crippen molar-refractivity contribution in [2.75, 3.05) is 0 Å². The Labute approximate surface area is 83.9 Å². The highest BCUT2D eigenvalue weighted by molar-refractivity contribution is 6.30. The first kappa shape index (κ1) is 9.04. The van der Waals surface area contributed by atoms with E-state index in [0.29, 0.717) is 5.92 Å². The second-order valence-corrected chi connectivity index (χ2v) is 4.39. The van der Waals surface area contributed by atoms with Gasteiger partial charge >= 0.3 is 0 Å². The van der Waals surface area contributed by atoms with E-state index in [-0.39, 0.29) is 6.04 Å². The average Bonchev–Trinajstić information content (AvgIpc) is 2.83. The van der Waals surface area contributed by atoms with Crippen LogP contribution < -0.4 is 5.73 Å². The van der Waals surface area contributed by atoms with Crippen molar-refractivity contribution >= 4 is 11.6 Å². The van der Waals surface area contributed by atoms with Gasteiger partial charge in [-0.2, -0.15) is 0 Å². The Morgan fingerprint density at radius 1 is 1.38 bits per heavy atom. The van der Waals surface area contributed by atoms with Crippen molar-refractivity contribution < 1.29 is 0 Å². The fourth-order valence-corrected chi connectivity index (χ4v) is 1.91. The van der Waals surface area contributed by atoms with Crippen LogP contribution in [0.3, 0.4) is 0 Å². The van der Waals surface area contributed by atoms with Crippen LogP contribution in [0.5, 0.6) is 0 Å². The second kappa shape index (κ2) is 3.32. The van der Waals surface area contributed by atoms with E-state index in [1.165, 1.54) is 12.0 Å². The highest BCUT2D eigenvalue weighted by atomic mass is 35.5. The van der Waals surface area contributed by atoms with Crippen molar-refractivity contribution in [3.8, 4) is 0 Å². The predicted molar refractivity (Wildman–Crippen MR) is 55.7 cm³/mol. The lowest BCUT2D eigenvalue weighted by molar-refractivity contribution is 0.593. The van der Waals surface area contributed by atoms with Crippen LogP contribution in [0.2, 0.25) is 5.02 Å². The molecule has 3 atom stereocenters. The first-order chi connectivity index (χ1) is 6.18. The zero-order valence-electron chi connectivity index (χ0n) is 7.70. The maximum atomic E-state index is 6.10. The number of nitrogens with two attached hydrogens (primary N) is 1. The number of hydrogen-bond acceptors (Lipinski definition) is 1. The van der Waals surface area contributed by atoms with Crippen LogP contribution in [0.25, 0.3) is 0 Å². The SMILES string of the molecule is C[C@H]1C[C@H]1[C@@H](N)c1ccc(Cl)cc1. The number of hydrogen-bond donors (Lipinski definition) is 1. The van der Waals surface area contributed by atoms with Crippen molar-refractivity contribution in [3.63, 3.8) is 0 Å². The van der Waals surface area contributed by atoms with Crippen LogP contribution in [0.15, 0.2) is 24.3 Å². The van der Waals surface area contributed by atoms with Gasteiger partial charge in [-0.05, 0) is 36.0 Å². The van der Waals surface area contributed by atoms with Gasteiger partial charge in [-0.1, -0.05) is 30.7 Å². The molecule has 0 heterocycles. The quantitative estimate of drug-likeness (QED) is 0.772. The third-order valence-electron chi connectivity index (χ3n) is 2.89. The summed E-state index contributed by atoms with van der Waals surface area (Å²) in [6.07, 6.45) is 1.27. The van der Waals surface area contributed by atoms with E-state index in [2.05, 4.69) is 6.92 Å². The summed E-state index contributed by atoms with van der Waals surface area (Å²) < 4.78 is 0. The lowest BCUT2D eigenvalue weighted by atomic mass is 10.0. The Morgan fingerprint density at radius 2 is 1.92 bits per heavy atom. The minimum atomic E-state index is 0.201. The van der Waals surface area contributed by atoms with Crippen LogP contribution in [-0.2, 0) is 0 Å². The van der Waals surface area contributed by atoms with E-state index in [9.17, 15) is 0 Å². The molecule has 0 aromatic heterocycles. The molecule has 2 heteroatoms. The zero-order valence-corrected chi connectivity index (χ0v) is 8.46. The van der Waals surface area contributed by atoms with Crippen molar-refractivity contribution in [2.24, 2.45) is 17.6 Å². The molecule has 0 saturated heterocycles. The molecule has 1 aliphatic rings. The number of halogens is 1. The average molecular weight is 196 g/mol. The number of benzene rings is 1. The Hall–Kier alpha value is -0.530. The maximum absolute atomic E-state index is 6.10. The van der Waals surface area contributed by atoms with Crippen molar-refractivity contribution in [1.29, 1.82) is 0 Å². The Bertz CT molecular complexity index is 293. The summed E-state index contributed by atoms with van der Waals surface area (Å²) in [7, 11) is 0. The molecule has 0 amide bonds. The van der Waals surface area contributed by atoms with E-state index in [0.717, 1.165) is 10.9 Å². The van der Waals surface area contributed by atoms with Gasteiger partial charge in [-0.15, -0.1) is 0 Å². The maximum Gasteiger partial charge on any atom is 0.0406 e. The van der Waals surface area contributed by atoms with E-state index in [4.69, 9.17) is 17.3 Å². The molecule has 1 aromatic rings. The first-order valence-electron chi connectivity index (χ1n) is 4.69.